The average Bonchev–Trinajstić information content (AvgIpc) is 3.43. The lowest BCUT2D eigenvalue weighted by atomic mass is 9.65. The number of hydrogen-bond acceptors (Lipinski definition) is 4. The van der Waals surface area contributed by atoms with Crippen LogP contribution < -0.4 is 0 Å². The molecule has 4 bridgehead atoms. The molecule has 4 nitrogen and oxygen atoms in total. The van der Waals surface area contributed by atoms with E-state index in [-0.39, 0.29) is 17.5 Å². The molecule has 28 heavy (non-hydrogen) atoms. The summed E-state index contributed by atoms with van der Waals surface area (Å²) in [5.74, 6) is 4.73. The number of hydrogen-bond donors (Lipinski definition) is 0. The molecular formula is C24H38O4. The number of carbonyl (C=O) groups is 2. The van der Waals surface area contributed by atoms with Crippen molar-refractivity contribution in [2.24, 2.45) is 40.9 Å². The molecule has 0 N–H and O–H groups in total. The Morgan fingerprint density at radius 1 is 1.04 bits per heavy atom. The number of fused-ring (bicyclic) bond motifs is 9. The summed E-state index contributed by atoms with van der Waals surface area (Å²) in [6, 6.07) is 0. The van der Waals surface area contributed by atoms with E-state index in [1.807, 2.05) is 20.8 Å². The highest BCUT2D eigenvalue weighted by Crippen LogP contribution is 2.70. The molecule has 4 aliphatic carbocycles. The predicted octanol–water partition coefficient (Wildman–Crippen LogP) is 5.14. The standard InChI is InChI=1S/C24H38O4/c1-5-23(3,4)22(26)27-11-7-8-19(25)28-24(6-2)14-17-13-18(24)21-16-10-9-15(12-16)20(17)21/h15-18,20-21H,5-14H2,1-4H3. The molecular weight excluding hydrogens is 352 g/mol. The van der Waals surface area contributed by atoms with E-state index in [4.69, 9.17) is 9.47 Å². The Hall–Kier alpha value is -1.06. The third-order valence-corrected chi connectivity index (χ3v) is 9.01. The first-order chi connectivity index (χ1) is 13.3. The molecule has 0 aromatic carbocycles. The van der Waals surface area contributed by atoms with Crippen LogP contribution in [0.5, 0.6) is 0 Å². The molecule has 7 atom stereocenters. The molecule has 4 heteroatoms. The van der Waals surface area contributed by atoms with Crippen LogP contribution in [-0.4, -0.2) is 24.1 Å². The van der Waals surface area contributed by atoms with Gasteiger partial charge in [-0.3, -0.25) is 9.59 Å². The van der Waals surface area contributed by atoms with Crippen molar-refractivity contribution in [1.29, 1.82) is 0 Å². The predicted molar refractivity (Wildman–Crippen MR) is 107 cm³/mol. The minimum atomic E-state index is -0.451. The molecule has 0 radical (unpaired) electrons. The first kappa shape index (κ1) is 20.2. The van der Waals surface area contributed by atoms with E-state index < -0.39 is 5.41 Å². The van der Waals surface area contributed by atoms with E-state index in [0.717, 1.165) is 48.9 Å². The Bertz CT molecular complexity index is 626. The van der Waals surface area contributed by atoms with Crippen LogP contribution >= 0.6 is 0 Å². The molecule has 4 aliphatic rings. The summed E-state index contributed by atoms with van der Waals surface area (Å²) < 4.78 is 11.6. The van der Waals surface area contributed by atoms with Gasteiger partial charge < -0.3 is 9.47 Å². The van der Waals surface area contributed by atoms with Gasteiger partial charge in [-0.25, -0.2) is 0 Å². The number of esters is 2. The summed E-state index contributed by atoms with van der Waals surface area (Å²) in [7, 11) is 0. The maximum atomic E-state index is 12.6. The summed E-state index contributed by atoms with van der Waals surface area (Å²) in [4.78, 5) is 24.7. The summed E-state index contributed by atoms with van der Waals surface area (Å²) in [6.45, 7) is 8.28. The van der Waals surface area contributed by atoms with Crippen molar-refractivity contribution in [2.45, 2.75) is 91.1 Å². The number of ether oxygens (including phenoxy) is 2. The van der Waals surface area contributed by atoms with Crippen LogP contribution in [0.25, 0.3) is 0 Å². The zero-order valence-electron chi connectivity index (χ0n) is 18.2. The first-order valence-electron chi connectivity index (χ1n) is 11.7. The lowest BCUT2D eigenvalue weighted by Gasteiger charge is -2.45. The zero-order chi connectivity index (χ0) is 20.1. The van der Waals surface area contributed by atoms with Crippen LogP contribution in [-0.2, 0) is 19.1 Å². The molecule has 0 heterocycles. The molecule has 158 valence electrons. The quantitative estimate of drug-likeness (QED) is 0.327. The average molecular weight is 391 g/mol. The molecule has 0 amide bonds. The molecule has 7 unspecified atom stereocenters. The maximum absolute atomic E-state index is 12.6. The highest BCUT2D eigenvalue weighted by Gasteiger charge is 2.67. The van der Waals surface area contributed by atoms with Gasteiger partial charge in [-0.05, 0) is 94.8 Å². The van der Waals surface area contributed by atoms with Gasteiger partial charge in [0.25, 0.3) is 0 Å². The highest BCUT2D eigenvalue weighted by molar-refractivity contribution is 5.75. The fourth-order valence-corrected chi connectivity index (χ4v) is 7.29. The van der Waals surface area contributed by atoms with Crippen molar-refractivity contribution in [1.82, 2.24) is 0 Å². The Labute approximate surface area is 170 Å². The van der Waals surface area contributed by atoms with E-state index >= 15 is 0 Å². The third-order valence-electron chi connectivity index (χ3n) is 9.01. The highest BCUT2D eigenvalue weighted by atomic mass is 16.6. The fraction of sp³-hybridized carbons (Fsp3) is 0.917. The van der Waals surface area contributed by atoms with Gasteiger partial charge in [0.05, 0.1) is 12.0 Å². The normalized spacial score (nSPS) is 40.6. The van der Waals surface area contributed by atoms with Crippen LogP contribution in [0.15, 0.2) is 0 Å². The smallest absolute Gasteiger partial charge is 0.311 e. The minimum absolute atomic E-state index is 0.0973. The van der Waals surface area contributed by atoms with Crippen molar-refractivity contribution in [3.05, 3.63) is 0 Å². The second-order valence-electron chi connectivity index (χ2n) is 10.7. The van der Waals surface area contributed by atoms with E-state index in [2.05, 4.69) is 6.92 Å². The maximum Gasteiger partial charge on any atom is 0.311 e. The molecule has 0 aliphatic heterocycles. The molecule has 0 spiro atoms. The largest absolute Gasteiger partial charge is 0.465 e. The molecule has 4 rings (SSSR count). The first-order valence-corrected chi connectivity index (χ1v) is 11.7. The second-order valence-corrected chi connectivity index (χ2v) is 10.7. The molecule has 0 saturated heterocycles. The number of carbonyl (C=O) groups excluding carboxylic acids is 2. The second kappa shape index (κ2) is 7.32. The van der Waals surface area contributed by atoms with Crippen molar-refractivity contribution < 1.29 is 19.1 Å². The van der Waals surface area contributed by atoms with Crippen LogP contribution in [0.3, 0.4) is 0 Å². The topological polar surface area (TPSA) is 52.6 Å². The molecule has 4 saturated carbocycles. The van der Waals surface area contributed by atoms with Crippen LogP contribution in [0.1, 0.15) is 85.5 Å². The third kappa shape index (κ3) is 3.19. The van der Waals surface area contributed by atoms with Crippen LogP contribution in [0, 0.1) is 40.9 Å². The summed E-state index contributed by atoms with van der Waals surface area (Å²) >= 11 is 0. The summed E-state index contributed by atoms with van der Waals surface area (Å²) in [5, 5.41) is 0. The van der Waals surface area contributed by atoms with Gasteiger partial charge in [-0.2, -0.15) is 0 Å². The fourth-order valence-electron chi connectivity index (χ4n) is 7.29. The number of rotatable bonds is 8. The Morgan fingerprint density at radius 2 is 1.75 bits per heavy atom. The molecule has 0 aromatic heterocycles. The van der Waals surface area contributed by atoms with Gasteiger partial charge in [-0.1, -0.05) is 13.8 Å². The van der Waals surface area contributed by atoms with E-state index in [0.29, 0.717) is 25.4 Å². The van der Waals surface area contributed by atoms with Gasteiger partial charge in [0, 0.05) is 12.3 Å². The summed E-state index contributed by atoms with van der Waals surface area (Å²) in [5.41, 5.74) is -0.665. The SMILES string of the molecule is CCC(C)(C)C(=O)OCCCC(=O)OC1(CC)CC2CC1C1C3CCC(C3)C21. The lowest BCUT2D eigenvalue weighted by Crippen LogP contribution is -2.47. The van der Waals surface area contributed by atoms with Gasteiger partial charge in [0.1, 0.15) is 5.60 Å². The van der Waals surface area contributed by atoms with Crippen molar-refractivity contribution in [3.8, 4) is 0 Å². The van der Waals surface area contributed by atoms with Gasteiger partial charge in [0.15, 0.2) is 0 Å². The van der Waals surface area contributed by atoms with E-state index in [1.54, 1.807) is 0 Å². The monoisotopic (exact) mass is 390 g/mol. The molecule has 0 aromatic rings. The Kier molecular flexibility index (Phi) is 5.29. The zero-order valence-corrected chi connectivity index (χ0v) is 18.2. The van der Waals surface area contributed by atoms with E-state index in [1.165, 1.54) is 25.7 Å². The van der Waals surface area contributed by atoms with Crippen LogP contribution in [0.4, 0.5) is 0 Å². The summed E-state index contributed by atoms with van der Waals surface area (Å²) in [6.07, 6.45) is 9.25. The lowest BCUT2D eigenvalue weighted by molar-refractivity contribution is -0.173. The van der Waals surface area contributed by atoms with Crippen molar-refractivity contribution in [2.75, 3.05) is 6.61 Å². The Morgan fingerprint density at radius 3 is 2.43 bits per heavy atom. The van der Waals surface area contributed by atoms with E-state index in [9.17, 15) is 9.59 Å². The van der Waals surface area contributed by atoms with Crippen molar-refractivity contribution >= 4 is 11.9 Å². The minimum Gasteiger partial charge on any atom is -0.465 e. The van der Waals surface area contributed by atoms with Crippen LogP contribution in [0.2, 0.25) is 0 Å². The van der Waals surface area contributed by atoms with Gasteiger partial charge >= 0.3 is 11.9 Å². The van der Waals surface area contributed by atoms with Gasteiger partial charge in [-0.15, -0.1) is 0 Å². The van der Waals surface area contributed by atoms with Crippen molar-refractivity contribution in [3.63, 3.8) is 0 Å². The Balaban J connectivity index is 1.28. The molecule has 4 fully saturated rings. The van der Waals surface area contributed by atoms with Gasteiger partial charge in [0.2, 0.25) is 0 Å².